The monoisotopic (exact) mass is 621 g/mol. The van der Waals surface area contributed by atoms with Crippen molar-refractivity contribution in [1.82, 2.24) is 25.3 Å². The number of hydrogen-bond donors (Lipinski definition) is 2. The van der Waals surface area contributed by atoms with Gasteiger partial charge in [0.25, 0.3) is 0 Å². The lowest BCUT2D eigenvalue weighted by Gasteiger charge is -2.45. The highest BCUT2D eigenvalue weighted by molar-refractivity contribution is 6.30. The zero-order valence-electron chi connectivity index (χ0n) is 25.9. The normalized spacial score (nSPS) is 22.1. The number of nitrogens with one attached hydrogen (secondary N) is 2. The van der Waals surface area contributed by atoms with Gasteiger partial charge in [0.05, 0.1) is 12.6 Å². The highest BCUT2D eigenvalue weighted by atomic mass is 35.5. The molecule has 2 aliphatic heterocycles. The van der Waals surface area contributed by atoms with Crippen LogP contribution in [-0.4, -0.2) is 89.3 Å². The zero-order valence-corrected chi connectivity index (χ0v) is 26.7. The predicted molar refractivity (Wildman–Crippen MR) is 170 cm³/mol. The molecule has 3 fully saturated rings. The number of nitrogens with zero attached hydrogens (tertiary/aromatic N) is 3. The third-order valence-corrected chi connectivity index (χ3v) is 9.77. The van der Waals surface area contributed by atoms with Gasteiger partial charge in [-0.15, -0.1) is 0 Å². The second kappa shape index (κ2) is 14.1. The summed E-state index contributed by atoms with van der Waals surface area (Å²) in [5, 5.41) is 6.65. The number of carbonyl (C=O) groups is 4. The van der Waals surface area contributed by atoms with Crippen LogP contribution in [0.3, 0.4) is 0 Å². The van der Waals surface area contributed by atoms with Gasteiger partial charge in [0.15, 0.2) is 0 Å². The maximum absolute atomic E-state index is 14.4. The Labute approximate surface area is 265 Å². The van der Waals surface area contributed by atoms with Crippen molar-refractivity contribution in [1.29, 1.82) is 0 Å². The van der Waals surface area contributed by atoms with Crippen molar-refractivity contribution in [2.75, 3.05) is 26.7 Å². The number of likely N-dealkylation sites (N-methyl/N-ethyl adjacent to an activating group) is 1. The molecule has 0 radical (unpaired) electrons. The van der Waals surface area contributed by atoms with Crippen LogP contribution in [0.5, 0.6) is 0 Å². The molecule has 1 aliphatic carbocycles. The summed E-state index contributed by atoms with van der Waals surface area (Å²) in [6.07, 6.45) is 5.21. The average molecular weight is 622 g/mol. The van der Waals surface area contributed by atoms with Crippen LogP contribution in [0.1, 0.15) is 55.7 Å². The molecule has 44 heavy (non-hydrogen) atoms. The largest absolute Gasteiger partial charge is 0.343 e. The fraction of sp³-hybridized carbons (Fsp3) is 0.529. The van der Waals surface area contributed by atoms with Crippen molar-refractivity contribution in [3.63, 3.8) is 0 Å². The predicted octanol–water partition coefficient (Wildman–Crippen LogP) is 3.31. The molecule has 2 saturated heterocycles. The van der Waals surface area contributed by atoms with E-state index in [9.17, 15) is 19.2 Å². The molecule has 236 valence electrons. The Hall–Kier alpha value is -3.43. The maximum atomic E-state index is 14.4. The van der Waals surface area contributed by atoms with E-state index in [2.05, 4.69) is 10.6 Å². The standard InChI is InChI=1S/C34H44ClN5O4/c1-22-9-11-25(12-10-22)19-28-33(43)38(18-17-24-13-15-27(35)16-14-24)20-29-39(21-30(41)40(28)29)34(44)31(26-7-5-4-6-8-26)37-32(42)23(2)36-3/h9-16,23,26,28-29,31,36H,4-8,17-21H2,1-3H3,(H,37,42)/t23?,28-,29+,31-/m0/s1. The van der Waals surface area contributed by atoms with Crippen molar-refractivity contribution in [3.05, 3.63) is 70.2 Å². The molecule has 2 aromatic rings. The lowest BCUT2D eigenvalue weighted by atomic mass is 9.83. The summed E-state index contributed by atoms with van der Waals surface area (Å²) in [6, 6.07) is 13.7. The summed E-state index contributed by atoms with van der Waals surface area (Å²) in [5.74, 6) is -0.820. The van der Waals surface area contributed by atoms with Crippen LogP contribution in [0.15, 0.2) is 48.5 Å². The first-order chi connectivity index (χ1) is 21.2. The van der Waals surface area contributed by atoms with E-state index in [0.717, 1.165) is 48.8 Å². The molecule has 2 N–H and O–H groups in total. The first-order valence-corrected chi connectivity index (χ1v) is 16.2. The van der Waals surface area contributed by atoms with Crippen molar-refractivity contribution in [2.24, 2.45) is 5.92 Å². The Bertz CT molecular complexity index is 1340. The van der Waals surface area contributed by atoms with Crippen molar-refractivity contribution >= 4 is 35.2 Å². The van der Waals surface area contributed by atoms with Gasteiger partial charge < -0.3 is 25.3 Å². The molecule has 2 heterocycles. The van der Waals surface area contributed by atoms with E-state index in [4.69, 9.17) is 11.6 Å². The molecular formula is C34H44ClN5O4. The molecule has 3 aliphatic rings. The van der Waals surface area contributed by atoms with Crippen LogP contribution in [0.4, 0.5) is 0 Å². The van der Waals surface area contributed by atoms with Gasteiger partial charge in [0.2, 0.25) is 23.6 Å². The fourth-order valence-electron chi connectivity index (χ4n) is 6.75. The topological polar surface area (TPSA) is 102 Å². The number of halogens is 1. The van der Waals surface area contributed by atoms with Crippen LogP contribution in [0.25, 0.3) is 0 Å². The first kappa shape index (κ1) is 32.0. The Morgan fingerprint density at radius 3 is 2.30 bits per heavy atom. The molecule has 0 aromatic heterocycles. The average Bonchev–Trinajstić information content (AvgIpc) is 3.37. The lowest BCUT2D eigenvalue weighted by molar-refractivity contribution is -0.156. The molecule has 2 aromatic carbocycles. The van der Waals surface area contributed by atoms with Crippen LogP contribution in [-0.2, 0) is 32.0 Å². The summed E-state index contributed by atoms with van der Waals surface area (Å²) in [5.41, 5.74) is 3.12. The summed E-state index contributed by atoms with van der Waals surface area (Å²) in [4.78, 5) is 60.2. The molecule has 9 nitrogen and oxygen atoms in total. The minimum absolute atomic E-state index is 0.00277. The Kier molecular flexibility index (Phi) is 10.3. The van der Waals surface area contributed by atoms with Gasteiger partial charge in [-0.05, 0) is 69.3 Å². The van der Waals surface area contributed by atoms with E-state index < -0.39 is 24.3 Å². The second-order valence-electron chi connectivity index (χ2n) is 12.5. The molecule has 1 saturated carbocycles. The number of fused-ring (bicyclic) bond motifs is 1. The van der Waals surface area contributed by atoms with E-state index in [1.54, 1.807) is 28.7 Å². The summed E-state index contributed by atoms with van der Waals surface area (Å²) in [7, 11) is 1.71. The quantitative estimate of drug-likeness (QED) is 0.424. The molecule has 0 spiro atoms. The summed E-state index contributed by atoms with van der Waals surface area (Å²) in [6.45, 7) is 4.35. The highest BCUT2D eigenvalue weighted by Crippen LogP contribution is 2.32. The molecule has 1 unspecified atom stereocenters. The van der Waals surface area contributed by atoms with Gasteiger partial charge in [0, 0.05) is 18.0 Å². The Balaban J connectivity index is 1.43. The second-order valence-corrected chi connectivity index (χ2v) is 12.9. The van der Waals surface area contributed by atoms with Gasteiger partial charge in [0.1, 0.15) is 24.8 Å². The van der Waals surface area contributed by atoms with E-state index in [0.29, 0.717) is 24.4 Å². The molecule has 5 rings (SSSR count). The van der Waals surface area contributed by atoms with Gasteiger partial charge in [-0.3, -0.25) is 19.2 Å². The molecule has 4 amide bonds. The number of aryl methyl sites for hydroxylation is 1. The number of amides is 4. The van der Waals surface area contributed by atoms with E-state index in [1.807, 2.05) is 55.5 Å². The maximum Gasteiger partial charge on any atom is 0.247 e. The van der Waals surface area contributed by atoms with Crippen LogP contribution < -0.4 is 10.6 Å². The fourth-order valence-corrected chi connectivity index (χ4v) is 6.87. The number of hydrogen-bond acceptors (Lipinski definition) is 5. The van der Waals surface area contributed by atoms with Crippen molar-refractivity contribution in [3.8, 4) is 0 Å². The van der Waals surface area contributed by atoms with Gasteiger partial charge in [-0.2, -0.15) is 0 Å². The molecule has 4 atom stereocenters. The molecular weight excluding hydrogens is 578 g/mol. The van der Waals surface area contributed by atoms with Crippen molar-refractivity contribution < 1.29 is 19.2 Å². The highest BCUT2D eigenvalue weighted by Gasteiger charge is 2.52. The van der Waals surface area contributed by atoms with Gasteiger partial charge in [-0.1, -0.05) is 72.8 Å². The van der Waals surface area contributed by atoms with Gasteiger partial charge in [-0.25, -0.2) is 0 Å². The van der Waals surface area contributed by atoms with Crippen molar-refractivity contribution in [2.45, 2.75) is 83.1 Å². The lowest BCUT2D eigenvalue weighted by Crippen LogP contribution is -2.66. The molecule has 0 bridgehead atoms. The number of rotatable bonds is 10. The zero-order chi connectivity index (χ0) is 31.4. The van der Waals surface area contributed by atoms with Crippen LogP contribution in [0, 0.1) is 12.8 Å². The number of benzene rings is 2. The van der Waals surface area contributed by atoms with Gasteiger partial charge >= 0.3 is 0 Å². The third kappa shape index (κ3) is 7.10. The van der Waals surface area contributed by atoms with Crippen LogP contribution in [0.2, 0.25) is 5.02 Å². The van der Waals surface area contributed by atoms with Crippen LogP contribution >= 0.6 is 11.6 Å². The van der Waals surface area contributed by atoms with E-state index in [-0.39, 0.29) is 42.6 Å². The first-order valence-electron chi connectivity index (χ1n) is 15.8. The van der Waals surface area contributed by atoms with E-state index in [1.165, 1.54) is 0 Å². The SMILES string of the molecule is CNC(C)C(=O)N[C@H](C(=O)N1CC(=O)N2[C@@H]1CN(CCc1ccc(Cl)cc1)C(=O)[C@@H]2Cc1ccc(C)cc1)C1CCCCC1. The molecule has 10 heteroatoms. The summed E-state index contributed by atoms with van der Waals surface area (Å²) >= 11 is 6.08. The third-order valence-electron chi connectivity index (χ3n) is 9.52. The number of piperazine rings is 1. The summed E-state index contributed by atoms with van der Waals surface area (Å²) < 4.78 is 0. The Morgan fingerprint density at radius 2 is 1.64 bits per heavy atom. The minimum Gasteiger partial charge on any atom is -0.343 e. The Morgan fingerprint density at radius 1 is 0.977 bits per heavy atom. The number of carbonyl (C=O) groups excluding carboxylic acids is 4. The van der Waals surface area contributed by atoms with E-state index >= 15 is 0 Å². The minimum atomic E-state index is -0.723. The smallest absolute Gasteiger partial charge is 0.247 e.